The number of ether oxygens (including phenoxy) is 1. The fourth-order valence-corrected chi connectivity index (χ4v) is 3.54. The van der Waals surface area contributed by atoms with Gasteiger partial charge < -0.3 is 9.84 Å². The van der Waals surface area contributed by atoms with Gasteiger partial charge in [0.25, 0.3) is 0 Å². The van der Waals surface area contributed by atoms with Crippen LogP contribution in [-0.4, -0.2) is 39.0 Å². The quantitative estimate of drug-likeness (QED) is 0.469. The summed E-state index contributed by atoms with van der Waals surface area (Å²) in [6, 6.07) is 18.1. The van der Waals surface area contributed by atoms with Crippen LogP contribution in [0.1, 0.15) is 44.0 Å². The van der Waals surface area contributed by atoms with Crippen LogP contribution < -0.4 is 4.74 Å². The molecule has 1 N–H and O–H groups in total. The van der Waals surface area contributed by atoms with E-state index in [0.717, 1.165) is 41.5 Å². The Kier molecular flexibility index (Phi) is 7.88. The second kappa shape index (κ2) is 10.6. The Bertz CT molecular complexity index is 949. The van der Waals surface area contributed by atoms with E-state index in [1.54, 1.807) is 0 Å². The lowest BCUT2D eigenvalue weighted by Crippen LogP contribution is -2.35. The number of hydrogen-bond donors (Lipinski definition) is 1. The maximum Gasteiger partial charge on any atom is 0.227 e. The van der Waals surface area contributed by atoms with Gasteiger partial charge in [-0.15, -0.1) is 0 Å². The molecule has 0 radical (unpaired) electrons. The van der Waals surface area contributed by atoms with E-state index >= 15 is 0 Å². The lowest BCUT2D eigenvalue weighted by molar-refractivity contribution is 0.0728. The second-order valence-electron chi connectivity index (χ2n) is 8.58. The van der Waals surface area contributed by atoms with E-state index in [4.69, 9.17) is 9.84 Å². The van der Waals surface area contributed by atoms with Crippen molar-refractivity contribution < 1.29 is 9.84 Å². The van der Waals surface area contributed by atoms with E-state index in [0.29, 0.717) is 13.1 Å². The summed E-state index contributed by atoms with van der Waals surface area (Å²) < 4.78 is 8.30. The highest BCUT2D eigenvalue weighted by atomic mass is 16.5. The number of hydrogen-bond acceptors (Lipinski definition) is 4. The molecule has 3 rings (SSSR count). The first-order chi connectivity index (χ1) is 14.9. The van der Waals surface area contributed by atoms with Crippen molar-refractivity contribution in [3.63, 3.8) is 0 Å². The first-order valence-corrected chi connectivity index (χ1v) is 11.2. The first kappa shape index (κ1) is 23.0. The third-order valence-electron chi connectivity index (χ3n) is 5.51. The molecule has 0 saturated heterocycles. The van der Waals surface area contributed by atoms with Gasteiger partial charge in [-0.3, -0.25) is 4.90 Å². The topological polar surface area (TPSA) is 50.5 Å². The first-order valence-electron chi connectivity index (χ1n) is 11.2. The number of para-hydroxylation sites is 1. The largest absolute Gasteiger partial charge is 0.439 e. The van der Waals surface area contributed by atoms with Crippen molar-refractivity contribution in [3.8, 4) is 17.3 Å². The molecular formula is C26H35N3O2. The minimum absolute atomic E-state index is 0.218. The van der Waals surface area contributed by atoms with Crippen molar-refractivity contribution in [1.29, 1.82) is 0 Å². The SMILES string of the molecule is CCCN(Cc1c(C)nn(-c2ccccc2)c1Oc1ccc(C)cc1)CC(O)C(C)C. The third kappa shape index (κ3) is 5.96. The number of aryl methyl sites for hydroxylation is 2. The van der Waals surface area contributed by atoms with Crippen LogP contribution in [0.5, 0.6) is 11.6 Å². The molecule has 1 atom stereocenters. The van der Waals surface area contributed by atoms with Gasteiger partial charge in [0.05, 0.1) is 23.0 Å². The Morgan fingerprint density at radius 1 is 1.03 bits per heavy atom. The number of rotatable bonds is 10. The lowest BCUT2D eigenvalue weighted by Gasteiger charge is -2.26. The van der Waals surface area contributed by atoms with Gasteiger partial charge in [0.2, 0.25) is 5.88 Å². The fraction of sp³-hybridized carbons (Fsp3) is 0.423. The minimum Gasteiger partial charge on any atom is -0.439 e. The summed E-state index contributed by atoms with van der Waals surface area (Å²) in [5, 5.41) is 15.3. The van der Waals surface area contributed by atoms with Crippen LogP contribution in [0.2, 0.25) is 0 Å². The van der Waals surface area contributed by atoms with Gasteiger partial charge in [0.1, 0.15) is 5.75 Å². The van der Waals surface area contributed by atoms with Crippen molar-refractivity contribution in [2.45, 2.75) is 53.7 Å². The molecule has 0 aliphatic heterocycles. The molecule has 3 aromatic rings. The minimum atomic E-state index is -0.363. The molecule has 0 saturated carbocycles. The average molecular weight is 422 g/mol. The van der Waals surface area contributed by atoms with E-state index in [1.807, 2.05) is 66.2 Å². The number of aliphatic hydroxyl groups is 1. The number of aliphatic hydroxyl groups excluding tert-OH is 1. The van der Waals surface area contributed by atoms with Crippen LogP contribution in [0.3, 0.4) is 0 Å². The van der Waals surface area contributed by atoms with E-state index in [1.165, 1.54) is 5.56 Å². The summed E-state index contributed by atoms with van der Waals surface area (Å²) in [6.07, 6.45) is 0.655. The number of aromatic nitrogens is 2. The van der Waals surface area contributed by atoms with Gasteiger partial charge >= 0.3 is 0 Å². The molecule has 166 valence electrons. The van der Waals surface area contributed by atoms with E-state index in [9.17, 15) is 5.11 Å². The van der Waals surface area contributed by atoms with Crippen LogP contribution in [-0.2, 0) is 6.54 Å². The average Bonchev–Trinajstić information content (AvgIpc) is 3.05. The molecule has 0 aliphatic rings. The molecule has 0 aliphatic carbocycles. The van der Waals surface area contributed by atoms with E-state index < -0.39 is 0 Å². The van der Waals surface area contributed by atoms with Crippen LogP contribution >= 0.6 is 0 Å². The zero-order valence-electron chi connectivity index (χ0n) is 19.4. The van der Waals surface area contributed by atoms with Crippen LogP contribution in [0.25, 0.3) is 5.69 Å². The molecule has 5 heteroatoms. The summed E-state index contributed by atoms with van der Waals surface area (Å²) >= 11 is 0. The molecule has 1 aromatic heterocycles. The highest BCUT2D eigenvalue weighted by Gasteiger charge is 2.23. The molecule has 0 amide bonds. The molecule has 1 heterocycles. The van der Waals surface area contributed by atoms with Crippen molar-refractivity contribution in [1.82, 2.24) is 14.7 Å². The Balaban J connectivity index is 1.99. The van der Waals surface area contributed by atoms with Crippen LogP contribution in [0.4, 0.5) is 0 Å². The lowest BCUT2D eigenvalue weighted by atomic mass is 10.1. The number of nitrogens with zero attached hydrogens (tertiary/aromatic N) is 3. The molecule has 0 spiro atoms. The van der Waals surface area contributed by atoms with Crippen molar-refractivity contribution in [2.24, 2.45) is 5.92 Å². The van der Waals surface area contributed by atoms with Crippen molar-refractivity contribution in [3.05, 3.63) is 71.4 Å². The predicted molar refractivity (Wildman–Crippen MR) is 126 cm³/mol. The summed E-state index contributed by atoms with van der Waals surface area (Å²) in [6.45, 7) is 12.6. The fourth-order valence-electron chi connectivity index (χ4n) is 3.54. The molecule has 0 fully saturated rings. The normalized spacial score (nSPS) is 12.5. The van der Waals surface area contributed by atoms with Gasteiger partial charge in [0, 0.05) is 13.1 Å². The van der Waals surface area contributed by atoms with Crippen molar-refractivity contribution in [2.75, 3.05) is 13.1 Å². The van der Waals surface area contributed by atoms with E-state index in [-0.39, 0.29) is 12.0 Å². The summed E-state index contributed by atoms with van der Waals surface area (Å²) in [4.78, 5) is 2.30. The highest BCUT2D eigenvalue weighted by molar-refractivity contribution is 5.43. The van der Waals surface area contributed by atoms with Gasteiger partial charge in [-0.1, -0.05) is 56.7 Å². The Hall–Kier alpha value is -2.63. The van der Waals surface area contributed by atoms with Crippen LogP contribution in [0.15, 0.2) is 54.6 Å². The molecule has 2 aromatic carbocycles. The summed E-state index contributed by atoms with van der Waals surface area (Å²) in [7, 11) is 0. The smallest absolute Gasteiger partial charge is 0.227 e. The molecule has 0 bridgehead atoms. The van der Waals surface area contributed by atoms with Gasteiger partial charge in [-0.05, 0) is 57.0 Å². The number of benzene rings is 2. The molecular weight excluding hydrogens is 386 g/mol. The second-order valence-corrected chi connectivity index (χ2v) is 8.58. The molecule has 5 nitrogen and oxygen atoms in total. The van der Waals surface area contributed by atoms with Gasteiger partial charge in [0.15, 0.2) is 0 Å². The highest BCUT2D eigenvalue weighted by Crippen LogP contribution is 2.32. The summed E-state index contributed by atoms with van der Waals surface area (Å²) in [5.41, 5.74) is 4.14. The van der Waals surface area contributed by atoms with Gasteiger partial charge in [-0.2, -0.15) is 5.10 Å². The van der Waals surface area contributed by atoms with Crippen molar-refractivity contribution >= 4 is 0 Å². The van der Waals surface area contributed by atoms with Crippen LogP contribution in [0, 0.1) is 19.8 Å². The van der Waals surface area contributed by atoms with E-state index in [2.05, 4.69) is 32.6 Å². The Labute approximate surface area is 186 Å². The third-order valence-corrected chi connectivity index (χ3v) is 5.51. The molecule has 31 heavy (non-hydrogen) atoms. The monoisotopic (exact) mass is 421 g/mol. The Morgan fingerprint density at radius 3 is 2.32 bits per heavy atom. The summed E-state index contributed by atoms with van der Waals surface area (Å²) in [5.74, 6) is 1.73. The maximum absolute atomic E-state index is 10.5. The van der Waals surface area contributed by atoms with Gasteiger partial charge in [-0.25, -0.2) is 4.68 Å². The zero-order valence-corrected chi connectivity index (χ0v) is 19.4. The zero-order chi connectivity index (χ0) is 22.4. The maximum atomic E-state index is 10.5. The predicted octanol–water partition coefficient (Wildman–Crippen LogP) is 5.51. The molecule has 1 unspecified atom stereocenters. The Morgan fingerprint density at radius 2 is 1.71 bits per heavy atom. The standard InChI is InChI=1S/C26H35N3O2/c1-6-16-28(18-25(30)19(2)3)17-24-21(5)27-29(22-10-8-7-9-11-22)26(24)31-23-14-12-20(4)13-15-23/h7-15,19,25,30H,6,16-18H2,1-5H3.